The van der Waals surface area contributed by atoms with Gasteiger partial charge in [0.05, 0.1) is 14.6 Å². The molecule has 3 fully saturated rings. The summed E-state index contributed by atoms with van der Waals surface area (Å²) in [4.78, 5) is 25.4. The molecule has 136 valence electrons. The Hall–Kier alpha value is -1.86. The molecule has 0 atom stereocenters. The first kappa shape index (κ1) is 16.3. The first-order chi connectivity index (χ1) is 12.3. The number of hydrogen-bond acceptors (Lipinski definition) is 4. The number of nitrogens with zero attached hydrogens (tertiary/aromatic N) is 3. The first-order valence-corrected chi connectivity index (χ1v) is 10.1. The number of aromatic nitrogens is 3. The van der Waals surface area contributed by atoms with Gasteiger partial charge in [-0.3, -0.25) is 14.0 Å². The van der Waals surface area contributed by atoms with Crippen LogP contribution in [-0.2, 0) is 11.3 Å². The molecule has 1 amide bonds. The van der Waals surface area contributed by atoms with E-state index >= 15 is 0 Å². The molecular weight excluding hydrogens is 372 g/mol. The lowest BCUT2D eigenvalue weighted by molar-refractivity contribution is -0.133. The Morgan fingerprint density at radius 2 is 2.12 bits per heavy atom. The third-order valence-corrected chi connectivity index (χ3v) is 6.82. The van der Waals surface area contributed by atoms with Gasteiger partial charge in [-0.15, -0.1) is 11.3 Å². The molecule has 26 heavy (non-hydrogen) atoms. The predicted octanol–water partition coefficient (Wildman–Crippen LogP) is 3.16. The molecule has 3 heterocycles. The van der Waals surface area contributed by atoms with Gasteiger partial charge in [0, 0.05) is 11.5 Å². The van der Waals surface area contributed by atoms with Gasteiger partial charge >= 0.3 is 0 Å². The molecule has 0 saturated heterocycles. The van der Waals surface area contributed by atoms with Crippen LogP contribution in [0.2, 0.25) is 4.34 Å². The maximum atomic E-state index is 12.9. The van der Waals surface area contributed by atoms with Crippen LogP contribution in [0.3, 0.4) is 0 Å². The van der Waals surface area contributed by atoms with Crippen molar-refractivity contribution < 1.29 is 4.79 Å². The fourth-order valence-corrected chi connectivity index (χ4v) is 5.45. The van der Waals surface area contributed by atoms with Crippen LogP contribution < -0.4 is 10.9 Å². The summed E-state index contributed by atoms with van der Waals surface area (Å²) in [5.74, 6) is 1.51. The fourth-order valence-electron chi connectivity index (χ4n) is 4.30. The predicted molar refractivity (Wildman–Crippen MR) is 102 cm³/mol. The van der Waals surface area contributed by atoms with Gasteiger partial charge in [0.1, 0.15) is 17.9 Å². The number of nitrogens with one attached hydrogen (secondary N) is 1. The van der Waals surface area contributed by atoms with E-state index < -0.39 is 0 Å². The smallest absolute Gasteiger partial charge is 0.291 e. The maximum absolute atomic E-state index is 12.9. The van der Waals surface area contributed by atoms with E-state index in [2.05, 4.69) is 10.4 Å². The highest BCUT2D eigenvalue weighted by molar-refractivity contribution is 7.22. The molecule has 0 aliphatic heterocycles. The van der Waals surface area contributed by atoms with Crippen LogP contribution in [0.15, 0.2) is 16.9 Å². The van der Waals surface area contributed by atoms with Crippen molar-refractivity contribution in [3.63, 3.8) is 0 Å². The highest BCUT2D eigenvalue weighted by atomic mass is 35.5. The lowest BCUT2D eigenvalue weighted by Gasteiger charge is -2.61. The largest absolute Gasteiger partial charge is 0.349 e. The summed E-state index contributed by atoms with van der Waals surface area (Å²) >= 11 is 7.57. The topological polar surface area (TPSA) is 68.4 Å². The minimum Gasteiger partial charge on any atom is -0.349 e. The van der Waals surface area contributed by atoms with Crippen LogP contribution in [0.4, 0.5) is 0 Å². The quantitative estimate of drug-likeness (QED) is 0.744. The molecule has 3 aliphatic rings. The van der Waals surface area contributed by atoms with Crippen molar-refractivity contribution in [2.24, 2.45) is 5.92 Å². The van der Waals surface area contributed by atoms with Crippen LogP contribution in [0.25, 0.3) is 15.7 Å². The molecule has 0 unspecified atom stereocenters. The fraction of sp³-hybridized carbons (Fsp3) is 0.500. The second-order valence-electron chi connectivity index (χ2n) is 7.95. The number of amides is 1. The number of thiophene rings is 1. The van der Waals surface area contributed by atoms with Crippen LogP contribution in [0.1, 0.15) is 44.9 Å². The van der Waals surface area contributed by atoms with E-state index in [1.165, 1.54) is 16.0 Å². The third-order valence-electron chi connectivity index (χ3n) is 5.62. The van der Waals surface area contributed by atoms with Gasteiger partial charge in [0.25, 0.3) is 5.56 Å². The molecule has 2 bridgehead atoms. The van der Waals surface area contributed by atoms with Gasteiger partial charge in [-0.25, -0.2) is 4.68 Å². The lowest BCUT2D eigenvalue weighted by atomic mass is 9.50. The summed E-state index contributed by atoms with van der Waals surface area (Å²) in [6.45, 7) is 4.01. The zero-order chi connectivity index (χ0) is 18.2. The van der Waals surface area contributed by atoms with Crippen LogP contribution in [0, 0.1) is 5.92 Å². The van der Waals surface area contributed by atoms with Crippen LogP contribution >= 0.6 is 22.9 Å². The van der Waals surface area contributed by atoms with Gasteiger partial charge in [-0.2, -0.15) is 5.10 Å². The van der Waals surface area contributed by atoms with E-state index in [-0.39, 0.29) is 29.5 Å². The summed E-state index contributed by atoms with van der Waals surface area (Å²) in [6, 6.07) is 3.71. The molecule has 8 heteroatoms. The van der Waals surface area contributed by atoms with E-state index in [4.69, 9.17) is 11.6 Å². The minimum absolute atomic E-state index is 0.00471. The minimum atomic E-state index is -0.248. The van der Waals surface area contributed by atoms with Gasteiger partial charge in [0.15, 0.2) is 0 Å². The monoisotopic (exact) mass is 390 g/mol. The second-order valence-corrected chi connectivity index (χ2v) is 9.66. The Balaban J connectivity index is 1.58. The standard InChI is InChI=1S/C18H19ClN4O2S/c1-9(2)16-21-22(8-15(24)20-18-5-10(6-18)7-18)17(25)12-3-13-11(23(12)16)4-14(19)26-13/h3-4,9-10H,5-8H2,1-2H3,(H,20,24). The normalized spacial score (nSPS) is 24.1. The average molecular weight is 391 g/mol. The lowest BCUT2D eigenvalue weighted by Crippen LogP contribution is -2.68. The van der Waals surface area contributed by atoms with Gasteiger partial charge < -0.3 is 5.32 Å². The zero-order valence-corrected chi connectivity index (χ0v) is 16.2. The summed E-state index contributed by atoms with van der Waals surface area (Å²) in [7, 11) is 0. The highest BCUT2D eigenvalue weighted by Crippen LogP contribution is 2.56. The molecule has 1 N–H and O–H groups in total. The molecule has 6 nitrogen and oxygen atoms in total. The molecule has 0 spiro atoms. The summed E-state index contributed by atoms with van der Waals surface area (Å²) in [5.41, 5.74) is 1.19. The Kier molecular flexibility index (Phi) is 3.35. The SMILES string of the molecule is CC(C)c1nn(CC(=O)NC23CC(C2)C3)c(=O)c2cc3sc(Cl)cc3n12. The van der Waals surface area contributed by atoms with Crippen LogP contribution in [0.5, 0.6) is 0 Å². The number of halogens is 1. The van der Waals surface area contributed by atoms with E-state index in [0.717, 1.165) is 41.2 Å². The van der Waals surface area contributed by atoms with Gasteiger partial charge in [-0.05, 0) is 37.3 Å². The van der Waals surface area contributed by atoms with Crippen molar-refractivity contribution in [2.75, 3.05) is 0 Å². The molecule has 6 rings (SSSR count). The van der Waals surface area contributed by atoms with E-state index in [9.17, 15) is 9.59 Å². The Morgan fingerprint density at radius 1 is 1.38 bits per heavy atom. The molecule has 0 aromatic carbocycles. The number of hydrogen-bond donors (Lipinski definition) is 1. The molecule has 3 aromatic rings. The van der Waals surface area contributed by atoms with Crippen molar-refractivity contribution >= 4 is 44.6 Å². The maximum Gasteiger partial charge on any atom is 0.291 e. The molecule has 3 saturated carbocycles. The second kappa shape index (κ2) is 5.33. The number of carbonyl (C=O) groups is 1. The summed E-state index contributed by atoms with van der Waals surface area (Å²) < 4.78 is 4.81. The average Bonchev–Trinajstić information content (AvgIpc) is 3.01. The summed E-state index contributed by atoms with van der Waals surface area (Å²) in [5, 5.41) is 7.63. The Labute approximate surface area is 158 Å². The number of carbonyl (C=O) groups excluding carboxylic acids is 1. The Morgan fingerprint density at radius 3 is 2.73 bits per heavy atom. The zero-order valence-electron chi connectivity index (χ0n) is 14.6. The van der Waals surface area contributed by atoms with E-state index in [1.54, 1.807) is 0 Å². The Bertz CT molecular complexity index is 1110. The molecular formula is C18H19ClN4O2S. The van der Waals surface area contributed by atoms with Gasteiger partial charge in [-0.1, -0.05) is 25.4 Å². The van der Waals surface area contributed by atoms with Crippen molar-refractivity contribution in [1.82, 2.24) is 19.5 Å². The first-order valence-electron chi connectivity index (χ1n) is 8.88. The van der Waals surface area contributed by atoms with Crippen molar-refractivity contribution in [3.05, 3.63) is 32.6 Å². The van der Waals surface area contributed by atoms with Crippen molar-refractivity contribution in [1.29, 1.82) is 0 Å². The molecule has 3 aromatic heterocycles. The van der Waals surface area contributed by atoms with E-state index in [0.29, 0.717) is 9.85 Å². The highest BCUT2D eigenvalue weighted by Gasteiger charge is 2.57. The van der Waals surface area contributed by atoms with Crippen molar-refractivity contribution in [2.45, 2.75) is 51.1 Å². The summed E-state index contributed by atoms with van der Waals surface area (Å²) in [6.07, 6.45) is 3.23. The molecule has 3 aliphatic carbocycles. The van der Waals surface area contributed by atoms with Crippen LogP contribution in [-0.4, -0.2) is 25.6 Å². The number of rotatable bonds is 4. The third kappa shape index (κ3) is 2.26. The number of fused-ring (bicyclic) bond motifs is 3. The van der Waals surface area contributed by atoms with E-state index in [1.807, 2.05) is 30.4 Å². The molecule has 0 radical (unpaired) electrons. The van der Waals surface area contributed by atoms with Gasteiger partial charge in [0.2, 0.25) is 5.91 Å². The van der Waals surface area contributed by atoms with Crippen molar-refractivity contribution in [3.8, 4) is 0 Å².